The molecule has 0 spiro atoms. The first-order chi connectivity index (χ1) is 12.8. The third kappa shape index (κ3) is 3.56. The molecule has 1 N–H and O–H groups in total. The summed E-state index contributed by atoms with van der Waals surface area (Å²) in [4.78, 5) is 23.9. The number of nitrogens with one attached hydrogen (secondary N) is 1. The predicted octanol–water partition coefficient (Wildman–Crippen LogP) is 1.48. The molecule has 1 aliphatic rings. The summed E-state index contributed by atoms with van der Waals surface area (Å²) in [5.74, 6) is 1.51. The molecule has 1 fully saturated rings. The Morgan fingerprint density at radius 2 is 1.62 bits per heavy atom. The molecule has 26 heavy (non-hydrogen) atoms. The lowest BCUT2D eigenvalue weighted by atomic mass is 10.1. The summed E-state index contributed by atoms with van der Waals surface area (Å²) in [5, 5.41) is 8.41. The van der Waals surface area contributed by atoms with Crippen molar-refractivity contribution in [2.45, 2.75) is 6.42 Å². The zero-order chi connectivity index (χ0) is 17.8. The largest absolute Gasteiger partial charge is 0.353 e. The first-order valence-corrected chi connectivity index (χ1v) is 8.70. The van der Waals surface area contributed by atoms with Gasteiger partial charge in [-0.2, -0.15) is 0 Å². The van der Waals surface area contributed by atoms with Crippen LogP contribution in [0.25, 0.3) is 0 Å². The molecule has 3 heterocycles. The van der Waals surface area contributed by atoms with Gasteiger partial charge in [0.2, 0.25) is 5.95 Å². The van der Waals surface area contributed by atoms with E-state index in [1.54, 1.807) is 6.20 Å². The number of benzene rings is 1. The summed E-state index contributed by atoms with van der Waals surface area (Å²) in [6.45, 7) is 3.18. The lowest BCUT2D eigenvalue weighted by Gasteiger charge is -2.35. The lowest BCUT2D eigenvalue weighted by Crippen LogP contribution is -2.48. The van der Waals surface area contributed by atoms with Gasteiger partial charge in [-0.05, 0) is 17.7 Å². The summed E-state index contributed by atoms with van der Waals surface area (Å²) in [6.07, 6.45) is 2.28. The van der Waals surface area contributed by atoms with Crippen LogP contribution in [0.2, 0.25) is 0 Å². The quantitative estimate of drug-likeness (QED) is 0.769. The summed E-state index contributed by atoms with van der Waals surface area (Å²) >= 11 is 0. The monoisotopic (exact) mass is 348 g/mol. The van der Waals surface area contributed by atoms with Crippen LogP contribution in [0, 0.1) is 0 Å². The van der Waals surface area contributed by atoms with Crippen LogP contribution in [0.4, 0.5) is 11.8 Å². The Bertz CT molecular complexity index is 904. The Morgan fingerprint density at radius 1 is 0.885 bits per heavy atom. The number of H-pyrrole nitrogens is 1. The van der Waals surface area contributed by atoms with E-state index in [2.05, 4.69) is 30.0 Å². The topological polar surface area (TPSA) is 78.0 Å². The molecular weight excluding hydrogens is 328 g/mol. The highest BCUT2D eigenvalue weighted by molar-refractivity contribution is 5.41. The SMILES string of the molecule is O=c1[nH]c(N2CCN(c3ccccn3)CC2)nnc1Cc1ccccc1. The van der Waals surface area contributed by atoms with Gasteiger partial charge in [0.15, 0.2) is 0 Å². The molecule has 7 heteroatoms. The average Bonchev–Trinajstić information content (AvgIpc) is 2.71. The fourth-order valence-electron chi connectivity index (χ4n) is 3.09. The number of anilines is 2. The van der Waals surface area contributed by atoms with Gasteiger partial charge in [0.25, 0.3) is 5.56 Å². The van der Waals surface area contributed by atoms with Crippen LogP contribution >= 0.6 is 0 Å². The van der Waals surface area contributed by atoms with E-state index >= 15 is 0 Å². The first-order valence-electron chi connectivity index (χ1n) is 8.70. The molecule has 0 amide bonds. The number of hydrogen-bond donors (Lipinski definition) is 1. The third-order valence-corrected chi connectivity index (χ3v) is 4.52. The fraction of sp³-hybridized carbons (Fsp3) is 0.263. The van der Waals surface area contributed by atoms with Gasteiger partial charge in [-0.3, -0.25) is 9.78 Å². The van der Waals surface area contributed by atoms with Crippen LogP contribution in [0.15, 0.2) is 59.5 Å². The number of rotatable bonds is 4. The third-order valence-electron chi connectivity index (χ3n) is 4.52. The molecule has 1 aliphatic heterocycles. The Labute approximate surface area is 151 Å². The van der Waals surface area contributed by atoms with Crippen molar-refractivity contribution >= 4 is 11.8 Å². The van der Waals surface area contributed by atoms with Gasteiger partial charge in [-0.1, -0.05) is 36.4 Å². The summed E-state index contributed by atoms with van der Waals surface area (Å²) in [6, 6.07) is 15.7. The van der Waals surface area contributed by atoms with Crippen LogP contribution < -0.4 is 15.4 Å². The van der Waals surface area contributed by atoms with Gasteiger partial charge in [-0.15, -0.1) is 10.2 Å². The maximum absolute atomic E-state index is 12.4. The van der Waals surface area contributed by atoms with Crippen molar-refractivity contribution in [2.24, 2.45) is 0 Å². The van der Waals surface area contributed by atoms with Crippen molar-refractivity contribution in [3.8, 4) is 0 Å². The number of piperazine rings is 1. The molecule has 0 saturated carbocycles. The smallest absolute Gasteiger partial charge is 0.274 e. The molecule has 2 aromatic heterocycles. The second kappa shape index (κ2) is 7.35. The molecular formula is C19H20N6O. The number of nitrogens with zero attached hydrogens (tertiary/aromatic N) is 5. The van der Waals surface area contributed by atoms with Crippen LogP contribution in [-0.4, -0.2) is 46.3 Å². The van der Waals surface area contributed by atoms with Crippen LogP contribution in [0.3, 0.4) is 0 Å². The number of aromatic nitrogens is 4. The highest BCUT2D eigenvalue weighted by Gasteiger charge is 2.20. The van der Waals surface area contributed by atoms with Crippen molar-refractivity contribution in [3.05, 3.63) is 76.3 Å². The second-order valence-corrected chi connectivity index (χ2v) is 6.25. The molecule has 7 nitrogen and oxygen atoms in total. The Hall–Kier alpha value is -3.22. The van der Waals surface area contributed by atoms with Gasteiger partial charge in [-0.25, -0.2) is 4.98 Å². The highest BCUT2D eigenvalue weighted by Crippen LogP contribution is 2.15. The molecule has 1 saturated heterocycles. The van der Waals surface area contributed by atoms with Crippen molar-refractivity contribution in [2.75, 3.05) is 36.0 Å². The Morgan fingerprint density at radius 3 is 2.31 bits per heavy atom. The van der Waals surface area contributed by atoms with E-state index in [-0.39, 0.29) is 5.56 Å². The normalized spacial score (nSPS) is 14.5. The van der Waals surface area contributed by atoms with E-state index in [1.807, 2.05) is 48.5 Å². The maximum Gasteiger partial charge on any atom is 0.274 e. The minimum absolute atomic E-state index is 0.175. The van der Waals surface area contributed by atoms with Crippen LogP contribution in [0.5, 0.6) is 0 Å². The standard InChI is InChI=1S/C19H20N6O/c26-18-16(14-15-6-2-1-3-7-15)22-23-19(21-18)25-12-10-24(11-13-25)17-8-4-5-9-20-17/h1-9H,10-14H2,(H,21,23,26). The van der Waals surface area contributed by atoms with E-state index in [1.165, 1.54) is 0 Å². The van der Waals surface area contributed by atoms with Crippen molar-refractivity contribution < 1.29 is 0 Å². The van der Waals surface area contributed by atoms with E-state index in [0.717, 1.165) is 37.6 Å². The van der Waals surface area contributed by atoms with Crippen LogP contribution in [0.1, 0.15) is 11.3 Å². The lowest BCUT2D eigenvalue weighted by molar-refractivity contribution is 0.626. The van der Waals surface area contributed by atoms with E-state index < -0.39 is 0 Å². The van der Waals surface area contributed by atoms with Crippen LogP contribution in [-0.2, 0) is 6.42 Å². The molecule has 0 bridgehead atoms. The van der Waals surface area contributed by atoms with Crippen molar-refractivity contribution in [1.82, 2.24) is 20.2 Å². The second-order valence-electron chi connectivity index (χ2n) is 6.25. The van der Waals surface area contributed by atoms with Gasteiger partial charge < -0.3 is 9.80 Å². The number of aromatic amines is 1. The van der Waals surface area contributed by atoms with Gasteiger partial charge in [0.05, 0.1) is 0 Å². The fourth-order valence-corrected chi connectivity index (χ4v) is 3.09. The maximum atomic E-state index is 12.4. The minimum Gasteiger partial charge on any atom is -0.353 e. The van der Waals surface area contributed by atoms with E-state index in [4.69, 9.17) is 0 Å². The molecule has 4 rings (SSSR count). The van der Waals surface area contributed by atoms with Crippen molar-refractivity contribution in [3.63, 3.8) is 0 Å². The first kappa shape index (κ1) is 16.3. The summed E-state index contributed by atoms with van der Waals surface area (Å²) in [7, 11) is 0. The zero-order valence-electron chi connectivity index (χ0n) is 14.4. The molecule has 0 aliphatic carbocycles. The molecule has 1 aromatic carbocycles. The molecule has 0 atom stereocenters. The molecule has 0 radical (unpaired) electrons. The summed E-state index contributed by atoms with van der Waals surface area (Å²) in [5.41, 5.74) is 1.31. The molecule has 0 unspecified atom stereocenters. The molecule has 132 valence electrons. The van der Waals surface area contributed by atoms with E-state index in [0.29, 0.717) is 18.1 Å². The van der Waals surface area contributed by atoms with Gasteiger partial charge >= 0.3 is 0 Å². The van der Waals surface area contributed by atoms with Gasteiger partial charge in [0, 0.05) is 38.8 Å². The number of hydrogen-bond acceptors (Lipinski definition) is 6. The predicted molar refractivity (Wildman–Crippen MR) is 101 cm³/mol. The summed E-state index contributed by atoms with van der Waals surface area (Å²) < 4.78 is 0. The van der Waals surface area contributed by atoms with E-state index in [9.17, 15) is 4.79 Å². The van der Waals surface area contributed by atoms with Crippen molar-refractivity contribution in [1.29, 1.82) is 0 Å². The Balaban J connectivity index is 1.43. The molecule has 3 aromatic rings. The average molecular weight is 348 g/mol. The highest BCUT2D eigenvalue weighted by atomic mass is 16.1. The Kier molecular flexibility index (Phi) is 4.59. The minimum atomic E-state index is -0.175. The van der Waals surface area contributed by atoms with Gasteiger partial charge in [0.1, 0.15) is 11.5 Å². The zero-order valence-corrected chi connectivity index (χ0v) is 14.4. The number of pyridine rings is 1.